The summed E-state index contributed by atoms with van der Waals surface area (Å²) in [7, 11) is -0.588. The van der Waals surface area contributed by atoms with Gasteiger partial charge in [-0.15, -0.1) is 0 Å². The normalized spacial score (nSPS) is 12.4. The topological polar surface area (TPSA) is 0 Å². The Hall–Kier alpha value is -1.21. The van der Waals surface area contributed by atoms with Gasteiger partial charge in [0.05, 0.1) is 0 Å². The Labute approximate surface area is 119 Å². The van der Waals surface area contributed by atoms with Gasteiger partial charge in [0.2, 0.25) is 0 Å². The fourth-order valence-corrected chi connectivity index (χ4v) is 5.62. The van der Waals surface area contributed by atoms with Gasteiger partial charge in [0.25, 0.3) is 0 Å². The van der Waals surface area contributed by atoms with Gasteiger partial charge < -0.3 is 0 Å². The summed E-state index contributed by atoms with van der Waals surface area (Å²) in [6.45, 7) is 7.02. The van der Waals surface area contributed by atoms with Crippen LogP contribution in [0.3, 0.4) is 0 Å². The van der Waals surface area contributed by atoms with Crippen LogP contribution in [0.15, 0.2) is 59.5 Å². The second-order valence-corrected chi connectivity index (χ2v) is 9.10. The van der Waals surface area contributed by atoms with Gasteiger partial charge in [-0.05, 0) is 45.4 Å². The van der Waals surface area contributed by atoms with Crippen LogP contribution in [0, 0.1) is 0 Å². The first-order valence-corrected chi connectivity index (χ1v) is 9.31. The molecule has 102 valence electrons. The Bertz CT molecular complexity index is 487. The molecule has 0 aliphatic heterocycles. The molecule has 0 saturated heterocycles. The summed E-state index contributed by atoms with van der Waals surface area (Å²) >= 11 is 0. The highest BCUT2D eigenvalue weighted by Crippen LogP contribution is 2.54. The Morgan fingerprint density at radius 3 is 1.58 bits per heavy atom. The lowest BCUT2D eigenvalue weighted by atomic mass is 10.1. The zero-order valence-electron chi connectivity index (χ0n) is 12.2. The Morgan fingerprint density at radius 2 is 1.11 bits per heavy atom. The molecule has 0 fully saturated rings. The van der Waals surface area contributed by atoms with Crippen molar-refractivity contribution < 1.29 is 0 Å². The lowest BCUT2D eigenvalue weighted by molar-refractivity contribution is 1.28. The Morgan fingerprint density at radius 1 is 0.632 bits per heavy atom. The van der Waals surface area contributed by atoms with Gasteiger partial charge in [-0.25, -0.2) is 10.0 Å². The Balaban J connectivity index is 2.33. The summed E-state index contributed by atoms with van der Waals surface area (Å²) < 4.78 is 0. The highest BCUT2D eigenvalue weighted by Gasteiger charge is 2.19. The number of benzene rings is 2. The predicted molar refractivity (Wildman–Crippen MR) is 89.4 cm³/mol. The van der Waals surface area contributed by atoms with Gasteiger partial charge >= 0.3 is 0 Å². The fourth-order valence-electron chi connectivity index (χ4n) is 2.68. The molecule has 2 aromatic carbocycles. The average Bonchev–Trinajstić information content (AvgIpc) is 2.51. The van der Waals surface area contributed by atoms with Crippen LogP contribution in [0.2, 0.25) is 0 Å². The molecule has 2 rings (SSSR count). The minimum Gasteiger partial charge on any atom is -0.215 e. The largest absolute Gasteiger partial charge is 0.215 e. The molecule has 0 bridgehead atoms. The molecule has 0 aliphatic carbocycles. The summed E-state index contributed by atoms with van der Waals surface area (Å²) in [6.07, 6.45) is 0. The standard InChI is InChI=1S/C18H24S/c1-4-19(5-2,6-3)18-14-12-17(13-15-18)16-10-8-7-9-11-16/h7-15H,4-6H2,1-3H3. The van der Waals surface area contributed by atoms with E-state index < -0.39 is 10.0 Å². The third-order valence-corrected chi connectivity index (χ3v) is 8.71. The number of hydrogen-bond acceptors (Lipinski definition) is 0. The van der Waals surface area contributed by atoms with Crippen molar-refractivity contribution in [2.75, 3.05) is 17.3 Å². The zero-order valence-corrected chi connectivity index (χ0v) is 13.0. The van der Waals surface area contributed by atoms with Crippen LogP contribution in [0.5, 0.6) is 0 Å². The van der Waals surface area contributed by atoms with E-state index in [1.54, 1.807) is 4.90 Å². The van der Waals surface area contributed by atoms with Crippen LogP contribution in [0.1, 0.15) is 20.8 Å². The molecule has 0 unspecified atom stereocenters. The van der Waals surface area contributed by atoms with Gasteiger partial charge in [-0.2, -0.15) is 0 Å². The molecule has 0 aromatic heterocycles. The smallest absolute Gasteiger partial charge is 0.00989 e. The molecule has 0 heterocycles. The van der Waals surface area contributed by atoms with E-state index >= 15 is 0 Å². The average molecular weight is 272 g/mol. The van der Waals surface area contributed by atoms with Crippen molar-refractivity contribution in [1.29, 1.82) is 0 Å². The van der Waals surface area contributed by atoms with E-state index in [4.69, 9.17) is 0 Å². The van der Waals surface area contributed by atoms with Gasteiger partial charge in [0, 0.05) is 0 Å². The van der Waals surface area contributed by atoms with Crippen LogP contribution in [-0.4, -0.2) is 17.3 Å². The summed E-state index contributed by atoms with van der Waals surface area (Å²) in [6, 6.07) is 19.9. The van der Waals surface area contributed by atoms with Crippen molar-refractivity contribution in [1.82, 2.24) is 0 Å². The third-order valence-electron chi connectivity index (χ3n) is 4.12. The molecular formula is C18H24S. The first kappa shape index (κ1) is 14.2. The van der Waals surface area contributed by atoms with Crippen molar-refractivity contribution in [3.63, 3.8) is 0 Å². The van der Waals surface area contributed by atoms with Crippen LogP contribution in [0.4, 0.5) is 0 Å². The van der Waals surface area contributed by atoms with Crippen LogP contribution in [0.25, 0.3) is 11.1 Å². The maximum atomic E-state index is 2.36. The molecule has 0 atom stereocenters. The molecule has 0 N–H and O–H groups in total. The van der Waals surface area contributed by atoms with Gasteiger partial charge in [0.15, 0.2) is 0 Å². The van der Waals surface area contributed by atoms with Crippen molar-refractivity contribution in [2.45, 2.75) is 25.7 Å². The van der Waals surface area contributed by atoms with Crippen molar-refractivity contribution in [2.24, 2.45) is 0 Å². The van der Waals surface area contributed by atoms with Crippen LogP contribution < -0.4 is 0 Å². The highest BCUT2D eigenvalue weighted by molar-refractivity contribution is 8.33. The van der Waals surface area contributed by atoms with Crippen LogP contribution >= 0.6 is 10.0 Å². The lowest BCUT2D eigenvalue weighted by Crippen LogP contribution is -2.09. The second kappa shape index (κ2) is 6.29. The maximum Gasteiger partial charge on any atom is -0.00989 e. The van der Waals surface area contributed by atoms with Crippen molar-refractivity contribution >= 4 is 10.0 Å². The molecule has 0 amide bonds. The van der Waals surface area contributed by atoms with Crippen LogP contribution in [-0.2, 0) is 0 Å². The highest BCUT2D eigenvalue weighted by atomic mass is 32.3. The first-order valence-electron chi connectivity index (χ1n) is 7.17. The molecule has 0 radical (unpaired) electrons. The monoisotopic (exact) mass is 272 g/mol. The minimum absolute atomic E-state index is 0.588. The quantitative estimate of drug-likeness (QED) is 0.667. The molecule has 1 heteroatoms. The van der Waals surface area contributed by atoms with E-state index in [-0.39, 0.29) is 0 Å². The van der Waals surface area contributed by atoms with Gasteiger partial charge in [-0.1, -0.05) is 63.2 Å². The van der Waals surface area contributed by atoms with E-state index in [0.29, 0.717) is 0 Å². The number of hydrogen-bond donors (Lipinski definition) is 0. The van der Waals surface area contributed by atoms with E-state index in [0.717, 1.165) is 0 Å². The zero-order chi connectivity index (χ0) is 13.7. The molecule has 2 aromatic rings. The van der Waals surface area contributed by atoms with Gasteiger partial charge in [-0.3, -0.25) is 0 Å². The molecule has 0 saturated carbocycles. The third kappa shape index (κ3) is 2.87. The molecule has 19 heavy (non-hydrogen) atoms. The number of rotatable bonds is 5. The minimum atomic E-state index is -0.588. The van der Waals surface area contributed by atoms with E-state index in [1.165, 1.54) is 28.4 Å². The maximum absolute atomic E-state index is 2.36. The lowest BCUT2D eigenvalue weighted by Gasteiger charge is -2.37. The van der Waals surface area contributed by atoms with E-state index in [2.05, 4.69) is 75.4 Å². The summed E-state index contributed by atoms with van der Waals surface area (Å²) in [5.74, 6) is 3.89. The van der Waals surface area contributed by atoms with Crippen molar-refractivity contribution in [3.05, 3.63) is 54.6 Å². The van der Waals surface area contributed by atoms with Gasteiger partial charge in [0.1, 0.15) is 0 Å². The van der Waals surface area contributed by atoms with Crippen molar-refractivity contribution in [3.8, 4) is 11.1 Å². The van der Waals surface area contributed by atoms with E-state index in [9.17, 15) is 0 Å². The molecule has 0 nitrogen and oxygen atoms in total. The SMILES string of the molecule is CCS(CC)(CC)c1ccc(-c2ccccc2)cc1. The Kier molecular flexibility index (Phi) is 4.71. The predicted octanol–water partition coefficient (Wildman–Crippen LogP) is 5.58. The second-order valence-electron chi connectivity index (χ2n) is 4.80. The summed E-state index contributed by atoms with van der Waals surface area (Å²) in [4.78, 5) is 1.57. The van der Waals surface area contributed by atoms with E-state index in [1.807, 2.05) is 0 Å². The summed E-state index contributed by atoms with van der Waals surface area (Å²) in [5.41, 5.74) is 2.63. The first-order chi connectivity index (χ1) is 9.25. The molecule has 0 aliphatic rings. The summed E-state index contributed by atoms with van der Waals surface area (Å²) in [5, 5.41) is 0. The molecular weight excluding hydrogens is 248 g/mol. The molecule has 0 spiro atoms. The fraction of sp³-hybridized carbons (Fsp3) is 0.333.